The lowest BCUT2D eigenvalue weighted by Crippen LogP contribution is -2.33. The number of carbonyl (C=O) groups excluding carboxylic acids is 1. The van der Waals surface area contributed by atoms with Crippen LogP contribution in [0.5, 0.6) is 0 Å². The van der Waals surface area contributed by atoms with E-state index in [0.29, 0.717) is 5.69 Å². The van der Waals surface area contributed by atoms with Crippen molar-refractivity contribution in [1.82, 2.24) is 5.32 Å². The maximum atomic E-state index is 12.8. The van der Waals surface area contributed by atoms with Crippen LogP contribution in [0, 0.1) is 6.92 Å². The Morgan fingerprint density at radius 2 is 1.67 bits per heavy atom. The third-order valence-corrected chi connectivity index (χ3v) is 6.27. The second-order valence-corrected chi connectivity index (χ2v) is 8.86. The van der Waals surface area contributed by atoms with Crippen LogP contribution in [0.2, 0.25) is 0 Å². The number of carbonyl (C=O) groups is 1. The molecule has 1 N–H and O–H groups in total. The summed E-state index contributed by atoms with van der Waals surface area (Å²) < 4.78 is 26.8. The van der Waals surface area contributed by atoms with Crippen molar-refractivity contribution in [2.45, 2.75) is 51.0 Å². The summed E-state index contributed by atoms with van der Waals surface area (Å²) in [7, 11) is -2.08. The van der Waals surface area contributed by atoms with Crippen molar-refractivity contribution in [2.24, 2.45) is 0 Å². The van der Waals surface area contributed by atoms with Crippen molar-refractivity contribution >= 4 is 21.6 Å². The third kappa shape index (κ3) is 5.57. The highest BCUT2D eigenvalue weighted by Crippen LogP contribution is 2.22. The Morgan fingerprint density at radius 3 is 2.22 bits per heavy atom. The number of sulfonamides is 1. The van der Waals surface area contributed by atoms with E-state index in [2.05, 4.69) is 12.2 Å². The SMILES string of the molecule is CCC[C@@H](C)NC(=O)Cc1ccc(N(C)S(=O)(=O)c2ccc(C)cc2)cc1. The summed E-state index contributed by atoms with van der Waals surface area (Å²) in [5.74, 6) is -0.0238. The zero-order valence-electron chi connectivity index (χ0n) is 16.4. The van der Waals surface area contributed by atoms with Gasteiger partial charge in [0.2, 0.25) is 5.91 Å². The molecule has 6 heteroatoms. The normalized spacial score (nSPS) is 12.4. The van der Waals surface area contributed by atoms with Gasteiger partial charge in [-0.1, -0.05) is 43.2 Å². The Bertz CT molecular complexity index is 859. The molecule has 0 saturated carbocycles. The van der Waals surface area contributed by atoms with E-state index in [4.69, 9.17) is 0 Å². The van der Waals surface area contributed by atoms with Crippen LogP contribution in [0.25, 0.3) is 0 Å². The van der Waals surface area contributed by atoms with Crippen molar-refractivity contribution in [2.75, 3.05) is 11.4 Å². The van der Waals surface area contributed by atoms with Crippen molar-refractivity contribution in [3.05, 3.63) is 59.7 Å². The third-order valence-electron chi connectivity index (χ3n) is 4.47. The van der Waals surface area contributed by atoms with E-state index in [0.717, 1.165) is 24.0 Å². The van der Waals surface area contributed by atoms with Crippen molar-refractivity contribution < 1.29 is 13.2 Å². The van der Waals surface area contributed by atoms with Gasteiger partial charge < -0.3 is 5.32 Å². The van der Waals surface area contributed by atoms with Gasteiger partial charge in [0.15, 0.2) is 0 Å². The lowest BCUT2D eigenvalue weighted by atomic mass is 10.1. The number of amides is 1. The number of rotatable bonds is 8. The maximum absolute atomic E-state index is 12.8. The van der Waals surface area contributed by atoms with Gasteiger partial charge in [0, 0.05) is 13.1 Å². The van der Waals surface area contributed by atoms with Crippen molar-refractivity contribution in [1.29, 1.82) is 0 Å². The van der Waals surface area contributed by atoms with Crippen LogP contribution < -0.4 is 9.62 Å². The van der Waals surface area contributed by atoms with Gasteiger partial charge in [-0.15, -0.1) is 0 Å². The first kappa shape index (κ1) is 21.0. The molecule has 1 amide bonds. The van der Waals surface area contributed by atoms with Gasteiger partial charge in [-0.2, -0.15) is 0 Å². The smallest absolute Gasteiger partial charge is 0.264 e. The molecule has 0 radical (unpaired) electrons. The van der Waals surface area contributed by atoms with Gasteiger partial charge in [-0.05, 0) is 50.1 Å². The predicted molar refractivity (Wildman–Crippen MR) is 109 cm³/mol. The quantitative estimate of drug-likeness (QED) is 0.750. The Labute approximate surface area is 162 Å². The van der Waals surface area contributed by atoms with Crippen molar-refractivity contribution in [3.63, 3.8) is 0 Å². The molecule has 0 aliphatic carbocycles. The Morgan fingerprint density at radius 1 is 1.07 bits per heavy atom. The summed E-state index contributed by atoms with van der Waals surface area (Å²) >= 11 is 0. The highest BCUT2D eigenvalue weighted by molar-refractivity contribution is 7.92. The van der Waals surface area contributed by atoms with Crippen LogP contribution in [-0.4, -0.2) is 27.4 Å². The van der Waals surface area contributed by atoms with Crippen LogP contribution in [-0.2, 0) is 21.2 Å². The molecular weight excluding hydrogens is 360 g/mol. The van der Waals surface area contributed by atoms with E-state index < -0.39 is 10.0 Å². The molecule has 0 unspecified atom stereocenters. The molecule has 2 aromatic rings. The molecule has 0 heterocycles. The second kappa shape index (κ2) is 9.04. The van der Waals surface area contributed by atoms with Gasteiger partial charge in [0.1, 0.15) is 0 Å². The number of aryl methyl sites for hydroxylation is 1. The lowest BCUT2D eigenvalue weighted by molar-refractivity contribution is -0.121. The molecule has 0 fully saturated rings. The molecule has 0 saturated heterocycles. The topological polar surface area (TPSA) is 66.5 Å². The number of nitrogens with one attached hydrogen (secondary N) is 1. The summed E-state index contributed by atoms with van der Waals surface area (Å²) in [6.45, 7) is 6.00. The van der Waals surface area contributed by atoms with Gasteiger partial charge in [0.05, 0.1) is 17.0 Å². The van der Waals surface area contributed by atoms with E-state index in [-0.39, 0.29) is 23.3 Å². The molecule has 27 heavy (non-hydrogen) atoms. The first-order valence-corrected chi connectivity index (χ1v) is 10.6. The van der Waals surface area contributed by atoms with Crippen LogP contribution in [0.3, 0.4) is 0 Å². The molecule has 0 spiro atoms. The molecule has 2 rings (SSSR count). The highest BCUT2D eigenvalue weighted by atomic mass is 32.2. The zero-order valence-corrected chi connectivity index (χ0v) is 17.2. The monoisotopic (exact) mass is 388 g/mol. The number of nitrogens with zero attached hydrogens (tertiary/aromatic N) is 1. The minimum absolute atomic E-state index is 0.0238. The fraction of sp³-hybridized carbons (Fsp3) is 0.381. The largest absolute Gasteiger partial charge is 0.353 e. The van der Waals surface area contributed by atoms with Crippen LogP contribution in [0.4, 0.5) is 5.69 Å². The molecule has 0 aliphatic rings. The second-order valence-electron chi connectivity index (χ2n) is 6.89. The van der Waals surface area contributed by atoms with E-state index >= 15 is 0 Å². The Kier molecular flexibility index (Phi) is 7.02. The van der Waals surface area contributed by atoms with Crippen LogP contribution in [0.1, 0.15) is 37.8 Å². The molecule has 0 aromatic heterocycles. The molecule has 0 bridgehead atoms. The Hall–Kier alpha value is -2.34. The molecule has 0 aliphatic heterocycles. The average molecular weight is 389 g/mol. The molecule has 146 valence electrons. The number of anilines is 1. The van der Waals surface area contributed by atoms with Gasteiger partial charge in [0.25, 0.3) is 10.0 Å². The molecule has 5 nitrogen and oxygen atoms in total. The molecule has 1 atom stereocenters. The van der Waals surface area contributed by atoms with E-state index in [1.807, 2.05) is 13.8 Å². The van der Waals surface area contributed by atoms with E-state index in [1.165, 1.54) is 11.4 Å². The van der Waals surface area contributed by atoms with Crippen LogP contribution in [0.15, 0.2) is 53.4 Å². The number of hydrogen-bond donors (Lipinski definition) is 1. The predicted octanol–water partition coefficient (Wildman–Crippen LogP) is 3.67. The van der Waals surface area contributed by atoms with Crippen molar-refractivity contribution in [3.8, 4) is 0 Å². The van der Waals surface area contributed by atoms with Gasteiger partial charge in [-0.3, -0.25) is 9.10 Å². The van der Waals surface area contributed by atoms with E-state index in [1.54, 1.807) is 48.5 Å². The van der Waals surface area contributed by atoms with Gasteiger partial charge >= 0.3 is 0 Å². The summed E-state index contributed by atoms with van der Waals surface area (Å²) in [5, 5.41) is 2.97. The summed E-state index contributed by atoms with van der Waals surface area (Å²) in [6.07, 6.45) is 2.26. The fourth-order valence-corrected chi connectivity index (χ4v) is 4.04. The minimum Gasteiger partial charge on any atom is -0.353 e. The Balaban J connectivity index is 2.07. The fourth-order valence-electron chi connectivity index (χ4n) is 2.85. The number of hydrogen-bond acceptors (Lipinski definition) is 3. The maximum Gasteiger partial charge on any atom is 0.264 e. The highest BCUT2D eigenvalue weighted by Gasteiger charge is 2.21. The number of benzene rings is 2. The lowest BCUT2D eigenvalue weighted by Gasteiger charge is -2.20. The molecule has 2 aromatic carbocycles. The minimum atomic E-state index is -3.61. The summed E-state index contributed by atoms with van der Waals surface area (Å²) in [5.41, 5.74) is 2.41. The molecular formula is C21H28N2O3S. The van der Waals surface area contributed by atoms with E-state index in [9.17, 15) is 13.2 Å². The average Bonchev–Trinajstić information content (AvgIpc) is 2.62. The van der Waals surface area contributed by atoms with Crippen LogP contribution >= 0.6 is 0 Å². The summed E-state index contributed by atoms with van der Waals surface area (Å²) in [6, 6.07) is 14.0. The zero-order chi connectivity index (χ0) is 20.0. The van der Waals surface area contributed by atoms with Gasteiger partial charge in [-0.25, -0.2) is 8.42 Å². The summed E-state index contributed by atoms with van der Waals surface area (Å²) in [4.78, 5) is 12.3. The first-order valence-electron chi connectivity index (χ1n) is 9.18. The standard InChI is InChI=1S/C21H28N2O3S/c1-5-6-17(3)22-21(24)15-18-9-11-19(12-10-18)23(4)27(25,26)20-13-7-16(2)8-14-20/h7-14,17H,5-6,15H2,1-4H3,(H,22,24)/t17-/m1/s1. The first-order chi connectivity index (χ1) is 12.7.